The van der Waals surface area contributed by atoms with Crippen molar-refractivity contribution in [2.75, 3.05) is 0 Å². The highest BCUT2D eigenvalue weighted by atomic mass is 32.2. The van der Waals surface area contributed by atoms with E-state index in [4.69, 9.17) is 15.4 Å². The summed E-state index contributed by atoms with van der Waals surface area (Å²) < 4.78 is 8.54. The van der Waals surface area contributed by atoms with Crippen molar-refractivity contribution >= 4 is 18.0 Å². The van der Waals surface area contributed by atoms with Gasteiger partial charge in [-0.25, -0.2) is 4.79 Å². The van der Waals surface area contributed by atoms with Crippen LogP contribution < -0.4 is 5.73 Å². The molecule has 0 unspecified atom stereocenters. The largest absolute Gasteiger partial charge is 0.478 e. The van der Waals surface area contributed by atoms with Crippen LogP contribution in [-0.4, -0.2) is 15.6 Å². The molecular formula is C8H11NO3S. The lowest BCUT2D eigenvalue weighted by Crippen LogP contribution is -1.97. The van der Waals surface area contributed by atoms with Crippen LogP contribution in [0.5, 0.6) is 0 Å². The number of aliphatic carboxylic acids is 1. The normalized spacial score (nSPS) is 12.8. The summed E-state index contributed by atoms with van der Waals surface area (Å²) in [6, 6.07) is 0. The molecule has 4 N–H and O–H groups in total. The van der Waals surface area contributed by atoms with Gasteiger partial charge in [0.1, 0.15) is 0 Å². The van der Waals surface area contributed by atoms with E-state index >= 15 is 0 Å². The van der Waals surface area contributed by atoms with Gasteiger partial charge < -0.3 is 15.4 Å². The second-order valence-corrected chi connectivity index (χ2v) is 2.92. The fraction of sp³-hybridized carbons (Fsp3) is 0.125. The molecule has 0 heterocycles. The van der Waals surface area contributed by atoms with Crippen molar-refractivity contribution in [1.29, 1.82) is 0 Å². The molecule has 0 saturated carbocycles. The van der Waals surface area contributed by atoms with Gasteiger partial charge in [-0.05, 0) is 18.6 Å². The van der Waals surface area contributed by atoms with E-state index in [0.29, 0.717) is 17.6 Å². The van der Waals surface area contributed by atoms with E-state index in [-0.39, 0.29) is 10.6 Å². The monoisotopic (exact) mass is 201 g/mol. The molecule has 0 spiro atoms. The van der Waals surface area contributed by atoms with Crippen LogP contribution in [0.15, 0.2) is 34.9 Å². The van der Waals surface area contributed by atoms with Crippen LogP contribution >= 0.6 is 12.0 Å². The molecule has 0 fully saturated rings. The van der Waals surface area contributed by atoms with Crippen molar-refractivity contribution in [3.05, 3.63) is 34.9 Å². The van der Waals surface area contributed by atoms with Gasteiger partial charge in [-0.15, -0.1) is 0 Å². The third-order valence-electron chi connectivity index (χ3n) is 1.30. The predicted molar refractivity (Wildman–Crippen MR) is 53.0 cm³/mol. The second-order valence-electron chi connectivity index (χ2n) is 2.30. The van der Waals surface area contributed by atoms with E-state index in [1.807, 2.05) is 0 Å². The van der Waals surface area contributed by atoms with Gasteiger partial charge in [0, 0.05) is 12.0 Å². The number of carbonyl (C=O) groups is 1. The molecule has 0 radical (unpaired) electrons. The van der Waals surface area contributed by atoms with Crippen molar-refractivity contribution in [2.45, 2.75) is 6.92 Å². The molecule has 72 valence electrons. The minimum Gasteiger partial charge on any atom is -0.478 e. The zero-order valence-corrected chi connectivity index (χ0v) is 7.97. The molecule has 0 bridgehead atoms. The molecule has 0 rings (SSSR count). The van der Waals surface area contributed by atoms with Crippen molar-refractivity contribution in [1.82, 2.24) is 0 Å². The Morgan fingerprint density at radius 3 is 2.46 bits per heavy atom. The van der Waals surface area contributed by atoms with E-state index in [1.54, 1.807) is 6.92 Å². The topological polar surface area (TPSA) is 83.5 Å². The SMILES string of the molecule is C=C(/C=C\C(C)=C(/N)SO)C(=O)O. The average molecular weight is 201 g/mol. The summed E-state index contributed by atoms with van der Waals surface area (Å²) in [4.78, 5) is 10.3. The highest BCUT2D eigenvalue weighted by molar-refractivity contribution is 7.97. The maximum absolute atomic E-state index is 10.3. The number of hydrogen-bond donors (Lipinski definition) is 3. The van der Waals surface area contributed by atoms with Gasteiger partial charge >= 0.3 is 5.97 Å². The van der Waals surface area contributed by atoms with Crippen LogP contribution in [0.25, 0.3) is 0 Å². The lowest BCUT2D eigenvalue weighted by molar-refractivity contribution is -0.132. The Morgan fingerprint density at radius 1 is 1.54 bits per heavy atom. The lowest BCUT2D eigenvalue weighted by Gasteiger charge is -1.97. The minimum absolute atomic E-state index is 0.0323. The van der Waals surface area contributed by atoms with Gasteiger partial charge in [-0.1, -0.05) is 12.7 Å². The van der Waals surface area contributed by atoms with E-state index < -0.39 is 5.97 Å². The van der Waals surface area contributed by atoms with Crippen LogP contribution in [-0.2, 0) is 4.79 Å². The number of hydrogen-bond acceptors (Lipinski definition) is 4. The van der Waals surface area contributed by atoms with Crippen molar-refractivity contribution in [2.24, 2.45) is 5.73 Å². The van der Waals surface area contributed by atoms with Gasteiger partial charge in [0.05, 0.1) is 10.6 Å². The minimum atomic E-state index is -1.08. The van der Waals surface area contributed by atoms with E-state index in [2.05, 4.69) is 6.58 Å². The summed E-state index contributed by atoms with van der Waals surface area (Å²) in [7, 11) is 0. The molecule has 5 heteroatoms. The molecule has 0 aromatic rings. The molecule has 0 atom stereocenters. The maximum Gasteiger partial charge on any atom is 0.335 e. The standard InChI is InChI=1S/C8H11NO3S/c1-5(7(9)13-12)3-4-6(2)8(10)11/h3-4,12H,2,9H2,1H3,(H,10,11)/b4-3-,7-5+. The third-order valence-corrected chi connectivity index (χ3v) is 1.81. The molecule has 0 saturated heterocycles. The number of nitrogens with two attached hydrogens (primary N) is 1. The summed E-state index contributed by atoms with van der Waals surface area (Å²) in [5.41, 5.74) is 5.90. The number of allylic oxidation sites excluding steroid dienone is 2. The quantitative estimate of drug-likeness (QED) is 0.365. The summed E-state index contributed by atoms with van der Waals surface area (Å²) in [5, 5.41) is 8.67. The first kappa shape index (κ1) is 11.8. The molecule has 13 heavy (non-hydrogen) atoms. The second kappa shape index (κ2) is 5.45. The van der Waals surface area contributed by atoms with Gasteiger partial charge in [0.15, 0.2) is 0 Å². The molecule has 4 nitrogen and oxygen atoms in total. The summed E-state index contributed by atoms with van der Waals surface area (Å²) >= 11 is 0.422. The smallest absolute Gasteiger partial charge is 0.335 e. The first-order chi connectivity index (χ1) is 5.99. The van der Waals surface area contributed by atoms with Crippen molar-refractivity contribution in [3.8, 4) is 0 Å². The highest BCUT2D eigenvalue weighted by Crippen LogP contribution is 2.11. The Labute approximate surface area is 80.6 Å². The molecule has 0 aliphatic rings. The zero-order valence-electron chi connectivity index (χ0n) is 7.15. The van der Waals surface area contributed by atoms with Gasteiger partial charge in [-0.3, -0.25) is 0 Å². The highest BCUT2D eigenvalue weighted by Gasteiger charge is 1.98. The molecule has 0 aliphatic heterocycles. The van der Waals surface area contributed by atoms with Gasteiger partial charge in [0.25, 0.3) is 0 Å². The fourth-order valence-electron chi connectivity index (χ4n) is 0.451. The number of carboxylic acid groups (broad SMARTS) is 1. The van der Waals surface area contributed by atoms with Crippen LogP contribution in [0.4, 0.5) is 0 Å². The lowest BCUT2D eigenvalue weighted by atomic mass is 10.2. The summed E-state index contributed by atoms with van der Waals surface area (Å²) in [5.74, 6) is -1.08. The van der Waals surface area contributed by atoms with Crippen molar-refractivity contribution < 1.29 is 14.5 Å². The molecular weight excluding hydrogens is 190 g/mol. The van der Waals surface area contributed by atoms with E-state index in [1.165, 1.54) is 12.2 Å². The van der Waals surface area contributed by atoms with E-state index in [9.17, 15) is 4.79 Å². The number of carboxylic acids is 1. The first-order valence-corrected chi connectivity index (χ1v) is 4.14. The Bertz CT molecular complexity index is 281. The third kappa shape index (κ3) is 4.39. The summed E-state index contributed by atoms with van der Waals surface area (Å²) in [6.07, 6.45) is 2.80. The summed E-state index contributed by atoms with van der Waals surface area (Å²) in [6.45, 7) is 4.95. The molecule has 0 aromatic carbocycles. The zero-order chi connectivity index (χ0) is 10.4. The first-order valence-electron chi connectivity index (χ1n) is 3.37. The fourth-order valence-corrected chi connectivity index (χ4v) is 0.663. The maximum atomic E-state index is 10.3. The Morgan fingerprint density at radius 2 is 2.08 bits per heavy atom. The molecule has 0 amide bonds. The van der Waals surface area contributed by atoms with Crippen LogP contribution in [0.1, 0.15) is 6.92 Å². The Balaban J connectivity index is 4.45. The average Bonchev–Trinajstić information content (AvgIpc) is 2.11. The van der Waals surface area contributed by atoms with Crippen molar-refractivity contribution in [3.63, 3.8) is 0 Å². The van der Waals surface area contributed by atoms with Gasteiger partial charge in [0.2, 0.25) is 0 Å². The van der Waals surface area contributed by atoms with Crippen LogP contribution in [0.3, 0.4) is 0 Å². The van der Waals surface area contributed by atoms with E-state index in [0.717, 1.165) is 0 Å². The Kier molecular flexibility index (Phi) is 4.94. The molecule has 0 aromatic heterocycles. The van der Waals surface area contributed by atoms with Gasteiger partial charge in [-0.2, -0.15) is 0 Å². The number of rotatable bonds is 4. The predicted octanol–water partition coefficient (Wildman–Crippen LogP) is 1.58. The Hall–Kier alpha value is -1.20. The van der Waals surface area contributed by atoms with Crippen LogP contribution in [0.2, 0.25) is 0 Å². The van der Waals surface area contributed by atoms with Crippen LogP contribution in [0, 0.1) is 0 Å². The molecule has 0 aliphatic carbocycles.